The number of nitrogens with one attached hydrogen (secondary N) is 1. The van der Waals surface area contributed by atoms with Gasteiger partial charge in [0, 0.05) is 12.1 Å². The molecule has 0 aliphatic rings. The summed E-state index contributed by atoms with van der Waals surface area (Å²) in [5, 5.41) is 3.51. The van der Waals surface area contributed by atoms with Crippen LogP contribution in [0.5, 0.6) is 0 Å². The van der Waals surface area contributed by atoms with Crippen LogP contribution in [0.4, 0.5) is 4.39 Å². The van der Waals surface area contributed by atoms with Crippen LogP contribution in [-0.2, 0) is 6.42 Å². The van der Waals surface area contributed by atoms with Crippen LogP contribution in [0.2, 0.25) is 0 Å². The lowest BCUT2D eigenvalue weighted by Crippen LogP contribution is -2.36. The number of hydrogen-bond donors (Lipinski definition) is 1. The van der Waals surface area contributed by atoms with E-state index in [9.17, 15) is 4.39 Å². The van der Waals surface area contributed by atoms with E-state index in [0.717, 1.165) is 18.4 Å². The zero-order valence-corrected chi connectivity index (χ0v) is 11.7. The Morgan fingerprint density at radius 3 is 2.59 bits per heavy atom. The van der Waals surface area contributed by atoms with Gasteiger partial charge in [0.25, 0.3) is 0 Å². The predicted octanol–water partition coefficient (Wildman–Crippen LogP) is 3.49. The summed E-state index contributed by atoms with van der Waals surface area (Å²) >= 11 is 1.86. The minimum Gasteiger partial charge on any atom is -0.311 e. The molecule has 0 heterocycles. The summed E-state index contributed by atoms with van der Waals surface area (Å²) < 4.78 is 13.5. The Labute approximate surface area is 108 Å². The van der Waals surface area contributed by atoms with E-state index in [1.54, 1.807) is 6.07 Å². The van der Waals surface area contributed by atoms with Crippen LogP contribution in [0.3, 0.4) is 0 Å². The highest BCUT2D eigenvalue weighted by molar-refractivity contribution is 7.98. The molecule has 2 unspecified atom stereocenters. The van der Waals surface area contributed by atoms with Crippen molar-refractivity contribution in [1.29, 1.82) is 0 Å². The van der Waals surface area contributed by atoms with Gasteiger partial charge in [-0.1, -0.05) is 18.2 Å². The molecule has 1 nitrogen and oxygen atoms in total. The fourth-order valence-electron chi connectivity index (χ4n) is 1.92. The van der Waals surface area contributed by atoms with Crippen molar-refractivity contribution in [1.82, 2.24) is 5.32 Å². The molecule has 0 spiro atoms. The van der Waals surface area contributed by atoms with E-state index in [1.807, 2.05) is 23.9 Å². The van der Waals surface area contributed by atoms with E-state index in [1.165, 1.54) is 11.8 Å². The Bertz CT molecular complexity index is 330. The van der Waals surface area contributed by atoms with E-state index in [2.05, 4.69) is 25.4 Å². The summed E-state index contributed by atoms with van der Waals surface area (Å²) in [5.41, 5.74) is 0.796. The normalized spacial score (nSPS) is 14.6. The van der Waals surface area contributed by atoms with Gasteiger partial charge in [-0.25, -0.2) is 4.39 Å². The van der Waals surface area contributed by atoms with Crippen molar-refractivity contribution in [2.24, 2.45) is 0 Å². The average Bonchev–Trinajstić information content (AvgIpc) is 2.29. The van der Waals surface area contributed by atoms with Gasteiger partial charge in [-0.3, -0.25) is 0 Å². The maximum absolute atomic E-state index is 13.5. The first-order chi connectivity index (χ1) is 8.13. The summed E-state index contributed by atoms with van der Waals surface area (Å²) in [4.78, 5) is 0. The lowest BCUT2D eigenvalue weighted by atomic mass is 10.1. The molecule has 0 saturated carbocycles. The average molecular weight is 255 g/mol. The number of benzene rings is 1. The minimum absolute atomic E-state index is 0.0992. The summed E-state index contributed by atoms with van der Waals surface area (Å²) in [6, 6.07) is 7.81. The van der Waals surface area contributed by atoms with Gasteiger partial charge in [0.15, 0.2) is 0 Å². The van der Waals surface area contributed by atoms with Gasteiger partial charge in [0.05, 0.1) is 0 Å². The molecule has 0 fully saturated rings. The molecule has 0 saturated heterocycles. The molecule has 1 rings (SSSR count). The zero-order chi connectivity index (χ0) is 12.7. The maximum Gasteiger partial charge on any atom is 0.126 e. The second-order valence-corrected chi connectivity index (χ2v) is 5.53. The standard InChI is InChI=1S/C14H22FNS/c1-11(8-9-17-3)16-12(2)10-13-6-4-5-7-14(13)15/h4-7,11-12,16H,8-10H2,1-3H3. The van der Waals surface area contributed by atoms with Gasteiger partial charge < -0.3 is 5.32 Å². The summed E-state index contributed by atoms with van der Waals surface area (Å²) in [5.74, 6) is 1.07. The topological polar surface area (TPSA) is 12.0 Å². The zero-order valence-electron chi connectivity index (χ0n) is 10.9. The molecule has 17 heavy (non-hydrogen) atoms. The minimum atomic E-state index is -0.0992. The lowest BCUT2D eigenvalue weighted by molar-refractivity contribution is 0.451. The van der Waals surface area contributed by atoms with Gasteiger partial charge in [-0.05, 0) is 50.3 Å². The smallest absolute Gasteiger partial charge is 0.126 e. The van der Waals surface area contributed by atoms with Crippen molar-refractivity contribution < 1.29 is 4.39 Å². The fourth-order valence-corrected chi connectivity index (χ4v) is 2.51. The van der Waals surface area contributed by atoms with Gasteiger partial charge in [0.2, 0.25) is 0 Å². The molecular weight excluding hydrogens is 233 g/mol. The first-order valence-electron chi connectivity index (χ1n) is 6.12. The Morgan fingerprint density at radius 2 is 1.94 bits per heavy atom. The van der Waals surface area contributed by atoms with Crippen LogP contribution in [0.1, 0.15) is 25.8 Å². The largest absolute Gasteiger partial charge is 0.311 e. The molecule has 1 aromatic carbocycles. The van der Waals surface area contributed by atoms with Gasteiger partial charge >= 0.3 is 0 Å². The molecule has 0 amide bonds. The van der Waals surface area contributed by atoms with E-state index in [4.69, 9.17) is 0 Å². The van der Waals surface area contributed by atoms with Crippen molar-refractivity contribution >= 4 is 11.8 Å². The fraction of sp³-hybridized carbons (Fsp3) is 0.571. The molecule has 0 radical (unpaired) electrons. The Balaban J connectivity index is 2.39. The highest BCUT2D eigenvalue weighted by Crippen LogP contribution is 2.10. The Morgan fingerprint density at radius 1 is 1.24 bits per heavy atom. The van der Waals surface area contributed by atoms with Crippen molar-refractivity contribution in [3.05, 3.63) is 35.6 Å². The van der Waals surface area contributed by atoms with Crippen LogP contribution in [-0.4, -0.2) is 24.1 Å². The van der Waals surface area contributed by atoms with Crippen LogP contribution in [0.15, 0.2) is 24.3 Å². The number of rotatable bonds is 7. The first kappa shape index (κ1) is 14.5. The number of halogens is 1. The SMILES string of the molecule is CSCCC(C)NC(C)Cc1ccccc1F. The monoisotopic (exact) mass is 255 g/mol. The molecule has 3 heteroatoms. The summed E-state index contributed by atoms with van der Waals surface area (Å²) in [6.45, 7) is 4.30. The number of hydrogen-bond acceptors (Lipinski definition) is 2. The molecule has 0 bridgehead atoms. The molecule has 96 valence electrons. The van der Waals surface area contributed by atoms with Gasteiger partial charge in [-0.2, -0.15) is 11.8 Å². The highest BCUT2D eigenvalue weighted by Gasteiger charge is 2.10. The van der Waals surface area contributed by atoms with E-state index < -0.39 is 0 Å². The second kappa shape index (κ2) is 7.72. The van der Waals surface area contributed by atoms with E-state index in [-0.39, 0.29) is 5.82 Å². The van der Waals surface area contributed by atoms with Crippen molar-refractivity contribution in [2.45, 2.75) is 38.8 Å². The molecule has 0 aliphatic heterocycles. The quantitative estimate of drug-likeness (QED) is 0.800. The van der Waals surface area contributed by atoms with Crippen LogP contribution < -0.4 is 5.32 Å². The first-order valence-corrected chi connectivity index (χ1v) is 7.51. The lowest BCUT2D eigenvalue weighted by Gasteiger charge is -2.20. The van der Waals surface area contributed by atoms with Crippen LogP contribution in [0.25, 0.3) is 0 Å². The van der Waals surface area contributed by atoms with E-state index in [0.29, 0.717) is 12.1 Å². The molecule has 1 aromatic rings. The molecule has 0 aliphatic carbocycles. The van der Waals surface area contributed by atoms with E-state index >= 15 is 0 Å². The van der Waals surface area contributed by atoms with Crippen molar-refractivity contribution in [3.63, 3.8) is 0 Å². The molecule has 1 N–H and O–H groups in total. The second-order valence-electron chi connectivity index (χ2n) is 4.55. The van der Waals surface area contributed by atoms with Crippen molar-refractivity contribution in [2.75, 3.05) is 12.0 Å². The summed E-state index contributed by atoms with van der Waals surface area (Å²) in [6.07, 6.45) is 4.02. The Hall–Kier alpha value is -0.540. The Kier molecular flexibility index (Phi) is 6.60. The third kappa shape index (κ3) is 5.55. The third-order valence-corrected chi connectivity index (χ3v) is 3.45. The molecular formula is C14H22FNS. The van der Waals surface area contributed by atoms with Crippen LogP contribution in [0, 0.1) is 5.82 Å². The molecule has 2 atom stereocenters. The van der Waals surface area contributed by atoms with Crippen LogP contribution >= 0.6 is 11.8 Å². The summed E-state index contributed by atoms with van der Waals surface area (Å²) in [7, 11) is 0. The van der Waals surface area contributed by atoms with Gasteiger partial charge in [-0.15, -0.1) is 0 Å². The van der Waals surface area contributed by atoms with Gasteiger partial charge in [0.1, 0.15) is 5.82 Å². The predicted molar refractivity (Wildman–Crippen MR) is 75.2 cm³/mol. The van der Waals surface area contributed by atoms with Crippen molar-refractivity contribution in [3.8, 4) is 0 Å². The highest BCUT2D eigenvalue weighted by atomic mass is 32.2. The third-order valence-electron chi connectivity index (χ3n) is 2.81. The number of thioether (sulfide) groups is 1. The molecule has 0 aromatic heterocycles. The maximum atomic E-state index is 13.5.